The molecule has 3 rings (SSSR count). The van der Waals surface area contributed by atoms with Crippen LogP contribution < -0.4 is 5.32 Å². The molecule has 0 aromatic heterocycles. The van der Waals surface area contributed by atoms with Gasteiger partial charge in [0.1, 0.15) is 6.61 Å². The largest absolute Gasteiger partial charge is 0.394 e. The van der Waals surface area contributed by atoms with Crippen molar-refractivity contribution in [3.8, 4) is 0 Å². The summed E-state index contributed by atoms with van der Waals surface area (Å²) in [5, 5.41) is 7.77. The van der Waals surface area contributed by atoms with E-state index in [0.717, 1.165) is 44.1 Å². The molecule has 8 heteroatoms. The molecule has 6 nitrogen and oxygen atoms in total. The van der Waals surface area contributed by atoms with Gasteiger partial charge in [0.15, 0.2) is 0 Å². The van der Waals surface area contributed by atoms with Gasteiger partial charge in [-0.3, -0.25) is 9.69 Å². The minimum absolute atomic E-state index is 0.256. The minimum atomic E-state index is -0.256. The molecule has 2 aromatic carbocycles. The second-order valence-electron chi connectivity index (χ2n) is 6.62. The van der Waals surface area contributed by atoms with Gasteiger partial charge in [0.25, 0.3) is 5.91 Å². The molecule has 1 N–H and O–H groups in total. The molecule has 0 saturated carbocycles. The number of hydrogen-bond donors (Lipinski definition) is 1. The Morgan fingerprint density at radius 2 is 1.79 bits per heavy atom. The quantitative estimate of drug-likeness (QED) is 0.399. The van der Waals surface area contributed by atoms with E-state index in [1.165, 1.54) is 0 Å². The second-order valence-corrected chi connectivity index (χ2v) is 7.44. The lowest BCUT2D eigenvalue weighted by Crippen LogP contribution is -2.38. The van der Waals surface area contributed by atoms with Gasteiger partial charge >= 0.3 is 0 Å². The normalized spacial score (nSPS) is 15.2. The molecular weight excluding hydrogens is 413 g/mol. The number of anilines is 1. The molecule has 0 unspecified atom stereocenters. The van der Waals surface area contributed by atoms with Crippen LogP contribution in [0.5, 0.6) is 0 Å². The van der Waals surface area contributed by atoms with Crippen molar-refractivity contribution in [3.63, 3.8) is 0 Å². The van der Waals surface area contributed by atoms with Crippen molar-refractivity contribution in [2.75, 3.05) is 44.8 Å². The first kappa shape index (κ1) is 21.6. The standard InChI is InChI=1S/C21H23Cl2N3O3/c1-15(25-29-13-10-26-8-11-28-12-9-26)16-2-5-18(6-3-16)24-21(27)17-4-7-19(22)20(23)14-17/h2-7,14H,8-13H2,1H3,(H,24,27)/b25-15+. The lowest BCUT2D eigenvalue weighted by Gasteiger charge is -2.25. The monoisotopic (exact) mass is 435 g/mol. The summed E-state index contributed by atoms with van der Waals surface area (Å²) in [6, 6.07) is 12.2. The fraction of sp³-hybridized carbons (Fsp3) is 0.333. The van der Waals surface area contributed by atoms with Gasteiger partial charge in [-0.1, -0.05) is 40.5 Å². The van der Waals surface area contributed by atoms with Crippen molar-refractivity contribution in [2.45, 2.75) is 6.92 Å². The van der Waals surface area contributed by atoms with Crippen molar-refractivity contribution < 1.29 is 14.4 Å². The Kier molecular flexibility index (Phi) is 7.89. The Labute approximate surface area is 180 Å². The van der Waals surface area contributed by atoms with Crippen LogP contribution in [0.1, 0.15) is 22.8 Å². The number of nitrogens with zero attached hydrogens (tertiary/aromatic N) is 2. The summed E-state index contributed by atoms with van der Waals surface area (Å²) in [7, 11) is 0. The molecule has 2 aromatic rings. The van der Waals surface area contributed by atoms with Crippen molar-refractivity contribution in [2.24, 2.45) is 5.16 Å². The van der Waals surface area contributed by atoms with Gasteiger partial charge in [0, 0.05) is 30.9 Å². The highest BCUT2D eigenvalue weighted by Gasteiger charge is 2.10. The SMILES string of the molecule is C/C(=N\OCCN1CCOCC1)c1ccc(NC(=O)c2ccc(Cl)c(Cl)c2)cc1. The number of ether oxygens (including phenoxy) is 1. The third-order valence-corrected chi connectivity index (χ3v) is 5.29. The maximum absolute atomic E-state index is 12.3. The second kappa shape index (κ2) is 10.6. The first-order chi connectivity index (χ1) is 14.0. The molecule has 0 atom stereocenters. The smallest absolute Gasteiger partial charge is 0.255 e. The number of rotatable bonds is 7. The Morgan fingerprint density at radius 1 is 1.10 bits per heavy atom. The Bertz CT molecular complexity index is 866. The average molecular weight is 436 g/mol. The molecule has 0 radical (unpaired) electrons. The Balaban J connectivity index is 1.50. The fourth-order valence-electron chi connectivity index (χ4n) is 2.83. The average Bonchev–Trinajstić information content (AvgIpc) is 2.74. The third kappa shape index (κ3) is 6.44. The molecule has 1 saturated heterocycles. The molecule has 1 aliphatic heterocycles. The number of nitrogens with one attached hydrogen (secondary N) is 1. The van der Waals surface area contributed by atoms with Crippen LogP contribution in [-0.4, -0.2) is 56.0 Å². The summed E-state index contributed by atoms with van der Waals surface area (Å²) >= 11 is 11.9. The minimum Gasteiger partial charge on any atom is -0.394 e. The number of morpholine rings is 1. The molecule has 154 valence electrons. The molecule has 1 heterocycles. The van der Waals surface area contributed by atoms with Gasteiger partial charge in [0.2, 0.25) is 0 Å². The lowest BCUT2D eigenvalue weighted by atomic mass is 10.1. The van der Waals surface area contributed by atoms with E-state index in [-0.39, 0.29) is 5.91 Å². The number of benzene rings is 2. The number of amides is 1. The van der Waals surface area contributed by atoms with E-state index in [0.29, 0.717) is 27.9 Å². The zero-order chi connectivity index (χ0) is 20.6. The van der Waals surface area contributed by atoms with Crippen LogP contribution in [0.25, 0.3) is 0 Å². The summed E-state index contributed by atoms with van der Waals surface area (Å²) in [5.41, 5.74) is 2.80. The molecular formula is C21H23Cl2N3O3. The zero-order valence-corrected chi connectivity index (χ0v) is 17.7. The molecule has 0 bridgehead atoms. The maximum atomic E-state index is 12.3. The Hall–Kier alpha value is -2.12. The summed E-state index contributed by atoms with van der Waals surface area (Å²) in [6.07, 6.45) is 0. The van der Waals surface area contributed by atoms with E-state index >= 15 is 0 Å². The van der Waals surface area contributed by atoms with Crippen LogP contribution in [0.2, 0.25) is 10.0 Å². The number of halogens is 2. The van der Waals surface area contributed by atoms with E-state index in [2.05, 4.69) is 15.4 Å². The van der Waals surface area contributed by atoms with Gasteiger partial charge in [-0.2, -0.15) is 0 Å². The van der Waals surface area contributed by atoms with E-state index < -0.39 is 0 Å². The third-order valence-electron chi connectivity index (χ3n) is 4.55. The Morgan fingerprint density at radius 3 is 2.48 bits per heavy atom. The van der Waals surface area contributed by atoms with Crippen LogP contribution in [0.15, 0.2) is 47.6 Å². The lowest BCUT2D eigenvalue weighted by molar-refractivity contribution is 0.0212. The fourth-order valence-corrected chi connectivity index (χ4v) is 3.12. The summed E-state index contributed by atoms with van der Waals surface area (Å²) in [6.45, 7) is 6.67. The van der Waals surface area contributed by atoms with E-state index in [9.17, 15) is 4.79 Å². The van der Waals surface area contributed by atoms with E-state index in [4.69, 9.17) is 32.8 Å². The highest BCUT2D eigenvalue weighted by Crippen LogP contribution is 2.23. The molecule has 0 aliphatic carbocycles. The number of oxime groups is 1. The zero-order valence-electron chi connectivity index (χ0n) is 16.2. The van der Waals surface area contributed by atoms with Crippen LogP contribution in [-0.2, 0) is 9.57 Å². The van der Waals surface area contributed by atoms with Gasteiger partial charge in [-0.15, -0.1) is 0 Å². The molecule has 1 fully saturated rings. The summed E-state index contributed by atoms with van der Waals surface area (Å²) in [4.78, 5) is 20.1. The van der Waals surface area contributed by atoms with Crippen LogP contribution in [0.3, 0.4) is 0 Å². The predicted octanol–water partition coefficient (Wildman–Crippen LogP) is 4.32. The van der Waals surface area contributed by atoms with Gasteiger partial charge in [-0.05, 0) is 42.8 Å². The van der Waals surface area contributed by atoms with Gasteiger partial charge in [0.05, 0.1) is 29.0 Å². The molecule has 1 amide bonds. The van der Waals surface area contributed by atoms with Crippen molar-refractivity contribution in [3.05, 3.63) is 63.6 Å². The highest BCUT2D eigenvalue weighted by molar-refractivity contribution is 6.42. The predicted molar refractivity (Wildman–Crippen MR) is 116 cm³/mol. The van der Waals surface area contributed by atoms with Crippen molar-refractivity contribution in [1.29, 1.82) is 0 Å². The molecule has 29 heavy (non-hydrogen) atoms. The van der Waals surface area contributed by atoms with Crippen molar-refractivity contribution >= 4 is 40.5 Å². The number of hydrogen-bond acceptors (Lipinski definition) is 5. The highest BCUT2D eigenvalue weighted by atomic mass is 35.5. The molecule has 1 aliphatic rings. The van der Waals surface area contributed by atoms with Crippen molar-refractivity contribution in [1.82, 2.24) is 4.90 Å². The van der Waals surface area contributed by atoms with Gasteiger partial charge in [-0.25, -0.2) is 0 Å². The van der Waals surface area contributed by atoms with Crippen LogP contribution in [0.4, 0.5) is 5.69 Å². The van der Waals surface area contributed by atoms with Crippen LogP contribution >= 0.6 is 23.2 Å². The first-order valence-electron chi connectivity index (χ1n) is 9.36. The summed E-state index contributed by atoms with van der Waals surface area (Å²) in [5.74, 6) is -0.256. The van der Waals surface area contributed by atoms with E-state index in [1.807, 2.05) is 31.2 Å². The van der Waals surface area contributed by atoms with Crippen LogP contribution in [0, 0.1) is 0 Å². The summed E-state index contributed by atoms with van der Waals surface area (Å²) < 4.78 is 5.32. The first-order valence-corrected chi connectivity index (χ1v) is 10.1. The van der Waals surface area contributed by atoms with E-state index in [1.54, 1.807) is 18.2 Å². The number of carbonyl (C=O) groups excluding carboxylic acids is 1. The van der Waals surface area contributed by atoms with Gasteiger partial charge < -0.3 is 14.9 Å². The topological polar surface area (TPSA) is 63.2 Å². The maximum Gasteiger partial charge on any atom is 0.255 e. The number of carbonyl (C=O) groups is 1. The molecule has 0 spiro atoms.